The van der Waals surface area contributed by atoms with Gasteiger partial charge in [0.05, 0.1) is 4.34 Å². The van der Waals surface area contributed by atoms with Crippen LogP contribution in [0.1, 0.15) is 26.7 Å². The number of anilines is 2. The number of thiophene rings is 1. The van der Waals surface area contributed by atoms with Crippen molar-refractivity contribution in [2.45, 2.75) is 30.9 Å². The van der Waals surface area contributed by atoms with Gasteiger partial charge in [0, 0.05) is 52.9 Å². The van der Waals surface area contributed by atoms with Gasteiger partial charge in [0.2, 0.25) is 0 Å². The number of aromatic nitrogens is 1. The second-order valence-corrected chi connectivity index (χ2v) is 14.3. The molecule has 0 aliphatic rings. The quantitative estimate of drug-likeness (QED) is 0.178. The summed E-state index contributed by atoms with van der Waals surface area (Å²) in [5, 5.41) is 7.57. The van der Waals surface area contributed by atoms with E-state index in [0.29, 0.717) is 25.3 Å². The molecule has 40 heavy (non-hydrogen) atoms. The Bertz CT molecular complexity index is 1630. The van der Waals surface area contributed by atoms with E-state index in [1.165, 1.54) is 6.07 Å². The Morgan fingerprint density at radius 3 is 2.35 bits per heavy atom. The molecule has 1 unspecified atom stereocenters. The number of fused-ring (bicyclic) bond motifs is 1. The minimum absolute atomic E-state index is 0.139. The minimum atomic E-state index is -3.20. The van der Waals surface area contributed by atoms with Crippen molar-refractivity contribution < 1.29 is 9.00 Å². The van der Waals surface area contributed by atoms with Gasteiger partial charge in [0.25, 0.3) is 5.56 Å². The predicted octanol–water partition coefficient (Wildman–Crippen LogP) is 6.08. The van der Waals surface area contributed by atoms with E-state index in [0.717, 1.165) is 61.4 Å². The average molecular weight is 618 g/mol. The van der Waals surface area contributed by atoms with Crippen LogP contribution in [0.25, 0.3) is 16.5 Å². The fraction of sp³-hybridized carbons (Fsp3) is 0.286. The van der Waals surface area contributed by atoms with Gasteiger partial charge in [-0.1, -0.05) is 25.4 Å². The van der Waals surface area contributed by atoms with Crippen molar-refractivity contribution in [2.24, 2.45) is 0 Å². The zero-order valence-electron chi connectivity index (χ0n) is 22.3. The maximum Gasteiger partial charge on any atom is 0.331 e. The van der Waals surface area contributed by atoms with Crippen LogP contribution >= 0.6 is 22.9 Å². The third-order valence-corrected chi connectivity index (χ3v) is 10.4. The van der Waals surface area contributed by atoms with Gasteiger partial charge in [0.15, 0.2) is 8.68 Å². The van der Waals surface area contributed by atoms with E-state index >= 15 is 0 Å². The van der Waals surface area contributed by atoms with Crippen LogP contribution in [-0.4, -0.2) is 45.9 Å². The lowest BCUT2D eigenvalue weighted by atomic mass is 10.1. The molecule has 0 spiro atoms. The molecule has 2 aromatic carbocycles. The number of carbonyl (C=O) groups excluding carboxylic acids is 1. The molecule has 8 nitrogen and oxygen atoms in total. The molecule has 0 bridgehead atoms. The first-order valence-corrected chi connectivity index (χ1v) is 16.7. The van der Waals surface area contributed by atoms with E-state index < -0.39 is 14.7 Å². The molecule has 0 saturated carbocycles. The number of amides is 2. The van der Waals surface area contributed by atoms with Gasteiger partial charge in [0.1, 0.15) is 4.21 Å². The molecule has 0 aliphatic carbocycles. The number of rotatable bonds is 12. The van der Waals surface area contributed by atoms with Gasteiger partial charge in [-0.15, -0.1) is 11.3 Å². The van der Waals surface area contributed by atoms with Crippen LogP contribution < -0.4 is 20.9 Å². The van der Waals surface area contributed by atoms with E-state index in [-0.39, 0.29) is 5.56 Å². The molecule has 2 heterocycles. The number of halogens is 1. The second kappa shape index (κ2) is 13.6. The van der Waals surface area contributed by atoms with E-state index in [1.807, 2.05) is 24.3 Å². The number of hydrogen-bond donors (Lipinski definition) is 3. The van der Waals surface area contributed by atoms with Crippen molar-refractivity contribution >= 4 is 71.0 Å². The molecule has 2 aromatic heterocycles. The first kappa shape index (κ1) is 30.0. The Morgan fingerprint density at radius 2 is 1.70 bits per heavy atom. The average Bonchev–Trinajstić information content (AvgIpc) is 3.37. The molecule has 4 rings (SSSR count). The Hall–Kier alpha value is -2.96. The summed E-state index contributed by atoms with van der Waals surface area (Å²) in [4.78, 5) is 28.1. The van der Waals surface area contributed by atoms with E-state index in [1.54, 1.807) is 41.1 Å². The van der Waals surface area contributed by atoms with Crippen LogP contribution in [-0.2, 0) is 19.9 Å². The summed E-state index contributed by atoms with van der Waals surface area (Å²) in [6.07, 6.45) is 4.02. The SMILES string of the molecule is CCCN(CCC)CCNc1ccc2c(=O)n(-c3ccc(NC(=O)NS(=O)(=S)c4ccc(Cl)s4)cc3)ccc2c1. The highest BCUT2D eigenvalue weighted by atomic mass is 35.5. The van der Waals surface area contributed by atoms with Crippen molar-refractivity contribution in [3.8, 4) is 5.69 Å². The molecule has 12 heteroatoms. The minimum Gasteiger partial charge on any atom is -0.384 e. The van der Waals surface area contributed by atoms with E-state index in [4.69, 9.17) is 22.8 Å². The van der Waals surface area contributed by atoms with Crippen molar-refractivity contribution in [2.75, 3.05) is 36.8 Å². The van der Waals surface area contributed by atoms with Gasteiger partial charge in [-0.05, 0) is 92.0 Å². The lowest BCUT2D eigenvalue weighted by Gasteiger charge is -2.21. The summed E-state index contributed by atoms with van der Waals surface area (Å²) >= 11 is 12.0. The summed E-state index contributed by atoms with van der Waals surface area (Å²) in [5.74, 6) is 0. The normalized spacial score (nSPS) is 12.8. The zero-order valence-corrected chi connectivity index (χ0v) is 25.5. The molecule has 0 fully saturated rings. The molecule has 3 N–H and O–H groups in total. The zero-order chi connectivity index (χ0) is 28.7. The number of nitrogens with one attached hydrogen (secondary N) is 3. The highest BCUT2D eigenvalue weighted by molar-refractivity contribution is 8.32. The van der Waals surface area contributed by atoms with E-state index in [2.05, 4.69) is 34.1 Å². The van der Waals surface area contributed by atoms with Crippen molar-refractivity contribution in [3.05, 3.63) is 81.6 Å². The summed E-state index contributed by atoms with van der Waals surface area (Å²) in [6, 6.07) is 16.9. The van der Waals surface area contributed by atoms with Gasteiger partial charge in [-0.2, -0.15) is 0 Å². The third kappa shape index (κ3) is 7.61. The maximum absolute atomic E-state index is 13.2. The first-order chi connectivity index (χ1) is 19.2. The number of carbonyl (C=O) groups is 1. The smallest absolute Gasteiger partial charge is 0.331 e. The summed E-state index contributed by atoms with van der Waals surface area (Å²) in [6.45, 7) is 8.40. The van der Waals surface area contributed by atoms with Crippen molar-refractivity contribution in [3.63, 3.8) is 0 Å². The van der Waals surface area contributed by atoms with Crippen LogP contribution in [0.4, 0.5) is 16.2 Å². The molecular formula is C28H32ClN5O3S3. The van der Waals surface area contributed by atoms with Gasteiger partial charge < -0.3 is 15.5 Å². The molecular weight excluding hydrogens is 586 g/mol. The maximum atomic E-state index is 13.2. The fourth-order valence-corrected chi connectivity index (χ4v) is 7.45. The fourth-order valence-electron chi connectivity index (χ4n) is 4.36. The largest absolute Gasteiger partial charge is 0.384 e. The van der Waals surface area contributed by atoms with Gasteiger partial charge >= 0.3 is 6.03 Å². The number of benzene rings is 2. The van der Waals surface area contributed by atoms with Crippen LogP contribution in [0.5, 0.6) is 0 Å². The van der Waals surface area contributed by atoms with Crippen LogP contribution in [0.3, 0.4) is 0 Å². The Balaban J connectivity index is 1.41. The van der Waals surface area contributed by atoms with Crippen molar-refractivity contribution in [1.29, 1.82) is 0 Å². The second-order valence-electron chi connectivity index (χ2n) is 9.23. The first-order valence-electron chi connectivity index (χ1n) is 13.0. The Morgan fingerprint density at radius 1 is 1.00 bits per heavy atom. The molecule has 0 radical (unpaired) electrons. The standard InChI is InChI=1S/C28H32ClN5O3S3/c1-3-15-33(16-4-2)18-14-30-22-7-10-24-20(19-22)13-17-34(27(24)35)23-8-5-21(6-9-23)31-28(36)32-40(37,38)26-12-11-25(29)39-26/h5-13,17,19,30H,3-4,14-16,18H2,1-2H3,(H2,31,32,36). The number of urea groups is 1. The van der Waals surface area contributed by atoms with Crippen molar-refractivity contribution in [1.82, 2.24) is 14.2 Å². The molecule has 212 valence electrons. The molecule has 4 aromatic rings. The highest BCUT2D eigenvalue weighted by Crippen LogP contribution is 2.25. The van der Waals surface area contributed by atoms with Gasteiger partial charge in [-0.3, -0.25) is 14.1 Å². The van der Waals surface area contributed by atoms with Crippen LogP contribution in [0, 0.1) is 0 Å². The molecule has 1 atom stereocenters. The highest BCUT2D eigenvalue weighted by Gasteiger charge is 2.16. The Labute approximate surface area is 248 Å². The number of pyridine rings is 1. The summed E-state index contributed by atoms with van der Waals surface area (Å²) < 4.78 is 17.3. The summed E-state index contributed by atoms with van der Waals surface area (Å²) in [7, 11) is -3.20. The van der Waals surface area contributed by atoms with Crippen LogP contribution in [0.2, 0.25) is 4.34 Å². The van der Waals surface area contributed by atoms with E-state index in [9.17, 15) is 13.8 Å². The number of nitrogens with zero attached hydrogens (tertiary/aromatic N) is 2. The Kier molecular flexibility index (Phi) is 10.2. The molecule has 2 amide bonds. The third-order valence-electron chi connectivity index (χ3n) is 6.18. The van der Waals surface area contributed by atoms with Crippen LogP contribution in [0.15, 0.2) is 75.9 Å². The predicted molar refractivity (Wildman–Crippen MR) is 170 cm³/mol. The lowest BCUT2D eigenvalue weighted by molar-refractivity contribution is 0.257. The van der Waals surface area contributed by atoms with Gasteiger partial charge in [-0.25, -0.2) is 9.00 Å². The molecule has 0 aliphatic heterocycles. The summed E-state index contributed by atoms with van der Waals surface area (Å²) in [5.41, 5.74) is 1.94. The monoisotopic (exact) mass is 617 g/mol. The lowest BCUT2D eigenvalue weighted by Crippen LogP contribution is -2.33. The number of hydrogen-bond acceptors (Lipinski definition) is 7. The molecule has 0 saturated heterocycles. The topological polar surface area (TPSA) is 95.5 Å².